The Balaban J connectivity index is 2.07. The van der Waals surface area contributed by atoms with Crippen LogP contribution in [-0.4, -0.2) is 16.1 Å². The topological polar surface area (TPSA) is 59.4 Å². The molecule has 0 atom stereocenters. The Kier molecular flexibility index (Phi) is 5.19. The van der Waals surface area contributed by atoms with Gasteiger partial charge in [0.25, 0.3) is 5.19 Å². The van der Waals surface area contributed by atoms with E-state index in [2.05, 4.69) is 25.8 Å². The number of hydrogen-bond donors (Lipinski definition) is 1. The number of carboxylic acid groups (broad SMARTS) is 1. The summed E-state index contributed by atoms with van der Waals surface area (Å²) in [5.74, 6) is -0.349. The van der Waals surface area contributed by atoms with Crippen LogP contribution in [0.3, 0.4) is 0 Å². The van der Waals surface area contributed by atoms with Gasteiger partial charge in [-0.15, -0.1) is 0 Å². The quantitative estimate of drug-likeness (QED) is 0.771. The lowest BCUT2D eigenvalue weighted by molar-refractivity contribution is 0.0697. The maximum atomic E-state index is 10.8. The fraction of sp³-hybridized carbons (Fsp3) is 0.412. The lowest BCUT2D eigenvalue weighted by Crippen LogP contribution is -2.14. The van der Waals surface area contributed by atoms with Gasteiger partial charge in [-0.2, -0.15) is 0 Å². The average Bonchev–Trinajstić information content (AvgIpc) is 2.95. The molecule has 0 bridgehead atoms. The summed E-state index contributed by atoms with van der Waals surface area (Å²) >= 11 is 1.55. The van der Waals surface area contributed by atoms with E-state index in [-0.39, 0.29) is 11.0 Å². The second-order valence-electron chi connectivity index (χ2n) is 5.91. The number of thiazole rings is 1. The summed E-state index contributed by atoms with van der Waals surface area (Å²) in [6, 6.07) is 6.34. The fourth-order valence-corrected chi connectivity index (χ4v) is 3.04. The Labute approximate surface area is 134 Å². The van der Waals surface area contributed by atoms with E-state index in [0.717, 1.165) is 6.42 Å². The molecule has 0 saturated heterocycles. The molecule has 5 heteroatoms. The maximum absolute atomic E-state index is 10.8. The summed E-state index contributed by atoms with van der Waals surface area (Å²) in [6.45, 7) is 6.64. The number of nitrogens with zero attached hydrogens (tertiary/aromatic N) is 1. The first-order valence-corrected chi connectivity index (χ1v) is 8.21. The van der Waals surface area contributed by atoms with Crippen LogP contribution in [0.5, 0.6) is 10.9 Å². The summed E-state index contributed by atoms with van der Waals surface area (Å²) in [4.78, 5) is 16.3. The van der Waals surface area contributed by atoms with Crippen molar-refractivity contribution in [2.75, 3.05) is 0 Å². The second kappa shape index (κ2) is 6.92. The summed E-state index contributed by atoms with van der Waals surface area (Å²) in [7, 11) is 0. The molecule has 118 valence electrons. The molecular formula is C17H21NO3S. The van der Waals surface area contributed by atoms with Gasteiger partial charge < -0.3 is 9.84 Å². The largest absolute Gasteiger partial charge is 0.478 e. The highest BCUT2D eigenvalue weighted by molar-refractivity contribution is 7.13. The smallest absolute Gasteiger partial charge is 0.335 e. The molecule has 0 unspecified atom stereocenters. The number of hydrogen-bond acceptors (Lipinski definition) is 4. The van der Waals surface area contributed by atoms with Gasteiger partial charge in [0.05, 0.1) is 5.56 Å². The molecule has 1 aromatic heterocycles. The van der Waals surface area contributed by atoms with Gasteiger partial charge in [-0.25, -0.2) is 9.78 Å². The number of carbonyl (C=O) groups is 1. The van der Waals surface area contributed by atoms with Crippen molar-refractivity contribution in [1.29, 1.82) is 0 Å². The monoisotopic (exact) mass is 319 g/mol. The minimum atomic E-state index is -0.944. The first kappa shape index (κ1) is 16.5. The SMILES string of the molecule is CCCCC(C)(C)c1cnc(Oc2ccc(C(=O)O)cc2)s1. The van der Waals surface area contributed by atoms with Crippen LogP contribution in [0.15, 0.2) is 30.5 Å². The molecule has 0 aliphatic carbocycles. The van der Waals surface area contributed by atoms with Crippen molar-refractivity contribution in [3.63, 3.8) is 0 Å². The molecule has 0 aliphatic heterocycles. The lowest BCUT2D eigenvalue weighted by Gasteiger charge is -2.21. The van der Waals surface area contributed by atoms with E-state index in [1.165, 1.54) is 29.9 Å². The number of rotatable bonds is 7. The number of carboxylic acids is 1. The van der Waals surface area contributed by atoms with Crippen molar-refractivity contribution in [1.82, 2.24) is 4.98 Å². The third kappa shape index (κ3) is 4.07. The summed E-state index contributed by atoms with van der Waals surface area (Å²) in [6.07, 6.45) is 5.37. The van der Waals surface area contributed by atoms with Crippen LogP contribution in [0.2, 0.25) is 0 Å². The van der Waals surface area contributed by atoms with Crippen LogP contribution in [0.1, 0.15) is 55.3 Å². The molecule has 0 spiro atoms. The standard InChI is InChI=1S/C17H21NO3S/c1-4-5-10-17(2,3)14-11-18-16(22-14)21-13-8-6-12(7-9-13)15(19)20/h6-9,11H,4-5,10H2,1-3H3,(H,19,20). The van der Waals surface area contributed by atoms with Gasteiger partial charge >= 0.3 is 5.97 Å². The van der Waals surface area contributed by atoms with Crippen molar-refractivity contribution >= 4 is 17.3 Å². The molecule has 0 saturated carbocycles. The highest BCUT2D eigenvalue weighted by Gasteiger charge is 2.23. The van der Waals surface area contributed by atoms with Gasteiger partial charge in [0.2, 0.25) is 0 Å². The molecule has 0 amide bonds. The molecule has 4 nitrogen and oxygen atoms in total. The van der Waals surface area contributed by atoms with Crippen LogP contribution in [-0.2, 0) is 5.41 Å². The minimum Gasteiger partial charge on any atom is -0.478 e. The van der Waals surface area contributed by atoms with E-state index >= 15 is 0 Å². The first-order chi connectivity index (χ1) is 10.4. The van der Waals surface area contributed by atoms with Crippen molar-refractivity contribution in [3.05, 3.63) is 40.9 Å². The Morgan fingerprint density at radius 3 is 2.59 bits per heavy atom. The Bertz CT molecular complexity index is 632. The van der Waals surface area contributed by atoms with Crippen LogP contribution in [0.4, 0.5) is 0 Å². The van der Waals surface area contributed by atoms with E-state index < -0.39 is 5.97 Å². The highest BCUT2D eigenvalue weighted by atomic mass is 32.1. The zero-order chi connectivity index (χ0) is 16.2. The van der Waals surface area contributed by atoms with E-state index in [4.69, 9.17) is 9.84 Å². The molecule has 1 heterocycles. The lowest BCUT2D eigenvalue weighted by atomic mass is 9.86. The van der Waals surface area contributed by atoms with Crippen LogP contribution < -0.4 is 4.74 Å². The van der Waals surface area contributed by atoms with Gasteiger partial charge in [0.1, 0.15) is 5.75 Å². The van der Waals surface area contributed by atoms with Crippen molar-refractivity contribution in [2.45, 2.75) is 45.4 Å². The molecule has 0 aliphatic rings. The minimum absolute atomic E-state index is 0.0997. The van der Waals surface area contributed by atoms with E-state index in [9.17, 15) is 4.79 Å². The van der Waals surface area contributed by atoms with E-state index in [0.29, 0.717) is 10.9 Å². The Morgan fingerprint density at radius 2 is 2.00 bits per heavy atom. The van der Waals surface area contributed by atoms with Crippen LogP contribution in [0, 0.1) is 0 Å². The van der Waals surface area contributed by atoms with E-state index in [1.54, 1.807) is 23.5 Å². The molecule has 2 aromatic rings. The summed E-state index contributed by atoms with van der Waals surface area (Å²) < 4.78 is 5.71. The zero-order valence-corrected chi connectivity index (χ0v) is 13.9. The fourth-order valence-electron chi connectivity index (χ4n) is 2.13. The maximum Gasteiger partial charge on any atom is 0.335 e. The van der Waals surface area contributed by atoms with E-state index in [1.807, 2.05) is 6.20 Å². The highest BCUT2D eigenvalue weighted by Crippen LogP contribution is 2.36. The molecular weight excluding hydrogens is 298 g/mol. The van der Waals surface area contributed by atoms with Gasteiger partial charge in [-0.05, 0) is 30.7 Å². The number of ether oxygens (including phenoxy) is 1. The second-order valence-corrected chi connectivity index (χ2v) is 6.90. The Morgan fingerprint density at radius 1 is 1.32 bits per heavy atom. The average molecular weight is 319 g/mol. The zero-order valence-electron chi connectivity index (χ0n) is 13.1. The normalized spacial score (nSPS) is 11.4. The van der Waals surface area contributed by atoms with Gasteiger partial charge in [-0.1, -0.05) is 44.9 Å². The van der Waals surface area contributed by atoms with Crippen molar-refractivity contribution in [2.24, 2.45) is 0 Å². The van der Waals surface area contributed by atoms with Gasteiger partial charge in [0, 0.05) is 16.5 Å². The molecule has 1 aromatic carbocycles. The number of unbranched alkanes of at least 4 members (excludes halogenated alkanes) is 1. The first-order valence-electron chi connectivity index (χ1n) is 7.40. The molecule has 1 N–H and O–H groups in total. The number of benzene rings is 1. The molecule has 2 rings (SSSR count). The third-order valence-electron chi connectivity index (χ3n) is 3.61. The summed E-state index contributed by atoms with van der Waals surface area (Å²) in [5.41, 5.74) is 0.343. The van der Waals surface area contributed by atoms with Gasteiger partial charge in [-0.3, -0.25) is 0 Å². The van der Waals surface area contributed by atoms with Crippen LogP contribution in [0.25, 0.3) is 0 Å². The number of aromatic nitrogens is 1. The van der Waals surface area contributed by atoms with Gasteiger partial charge in [0.15, 0.2) is 0 Å². The van der Waals surface area contributed by atoms with Crippen molar-refractivity contribution in [3.8, 4) is 10.9 Å². The molecule has 22 heavy (non-hydrogen) atoms. The van der Waals surface area contributed by atoms with Crippen molar-refractivity contribution < 1.29 is 14.6 Å². The Hall–Kier alpha value is -1.88. The molecule has 0 fully saturated rings. The molecule has 0 radical (unpaired) electrons. The predicted octanol–water partition coefficient (Wildman–Crippen LogP) is 5.10. The van der Waals surface area contributed by atoms with Crippen LogP contribution >= 0.6 is 11.3 Å². The summed E-state index contributed by atoms with van der Waals surface area (Å²) in [5, 5.41) is 9.46. The number of aromatic carboxylic acids is 1. The third-order valence-corrected chi connectivity index (χ3v) is 4.85. The predicted molar refractivity (Wildman–Crippen MR) is 88.1 cm³/mol.